The number of carbonyl (C=O) groups is 3. The van der Waals surface area contributed by atoms with Gasteiger partial charge < -0.3 is 41.5 Å². The van der Waals surface area contributed by atoms with Gasteiger partial charge in [-0.3, -0.25) is 14.4 Å². The van der Waals surface area contributed by atoms with E-state index in [4.69, 9.17) is 10.5 Å². The van der Waals surface area contributed by atoms with Crippen molar-refractivity contribution in [2.24, 2.45) is 5.73 Å². The van der Waals surface area contributed by atoms with Gasteiger partial charge in [-0.05, 0) is 68.3 Å². The lowest BCUT2D eigenvalue weighted by Gasteiger charge is -2.29. The molecule has 2 aromatic carbocycles. The minimum Gasteiger partial charge on any atom is -0.383 e. The molecule has 44 heavy (non-hydrogen) atoms. The van der Waals surface area contributed by atoms with E-state index in [1.807, 2.05) is 62.4 Å². The zero-order valence-electron chi connectivity index (χ0n) is 25.8. The normalized spacial score (nSPS) is 19.1. The molecule has 1 unspecified atom stereocenters. The molecule has 4 rings (SSSR count). The summed E-state index contributed by atoms with van der Waals surface area (Å²) >= 11 is 1.43. The van der Waals surface area contributed by atoms with Gasteiger partial charge in [0.25, 0.3) is 0 Å². The fourth-order valence-corrected chi connectivity index (χ4v) is 6.76. The lowest BCUT2D eigenvalue weighted by Crippen LogP contribution is -2.50. The lowest BCUT2D eigenvalue weighted by atomic mass is 10.1. The van der Waals surface area contributed by atoms with Gasteiger partial charge in [-0.1, -0.05) is 19.1 Å². The Morgan fingerprint density at radius 3 is 2.41 bits per heavy atom. The Morgan fingerprint density at radius 1 is 1.02 bits per heavy atom. The molecule has 12 heteroatoms. The highest BCUT2D eigenvalue weighted by molar-refractivity contribution is 8.01. The molecule has 2 heterocycles. The van der Waals surface area contributed by atoms with Crippen LogP contribution in [-0.4, -0.2) is 98.3 Å². The molecule has 0 saturated carbocycles. The summed E-state index contributed by atoms with van der Waals surface area (Å²) in [6.45, 7) is 10.3. The molecule has 0 bridgehead atoms. The highest BCUT2D eigenvalue weighted by Crippen LogP contribution is 2.34. The van der Waals surface area contributed by atoms with Crippen molar-refractivity contribution in [2.45, 2.75) is 49.8 Å². The van der Waals surface area contributed by atoms with Crippen LogP contribution >= 0.6 is 11.8 Å². The molecule has 2 saturated heterocycles. The van der Waals surface area contributed by atoms with Crippen LogP contribution in [-0.2, 0) is 25.5 Å². The molecule has 0 spiro atoms. The summed E-state index contributed by atoms with van der Waals surface area (Å²) in [6, 6.07) is 14.9. The number of ether oxygens (including phenoxy) is 1. The van der Waals surface area contributed by atoms with E-state index in [0.717, 1.165) is 56.0 Å². The number of morpholine rings is 1. The summed E-state index contributed by atoms with van der Waals surface area (Å²) in [5.74, 6) is -0.258. The largest absolute Gasteiger partial charge is 0.383 e. The van der Waals surface area contributed by atoms with E-state index >= 15 is 0 Å². The molecule has 2 aliphatic rings. The van der Waals surface area contributed by atoms with Crippen LogP contribution in [0.25, 0.3) is 0 Å². The molecule has 3 atom stereocenters. The summed E-state index contributed by atoms with van der Waals surface area (Å²) < 4.78 is 5.42. The number of thioether (sulfide) groups is 1. The first-order valence-corrected chi connectivity index (χ1v) is 16.6. The number of nitrogens with one attached hydrogen (secondary N) is 4. The van der Waals surface area contributed by atoms with Crippen molar-refractivity contribution in [3.05, 3.63) is 54.1 Å². The van der Waals surface area contributed by atoms with E-state index in [-0.39, 0.29) is 23.0 Å². The fourth-order valence-electron chi connectivity index (χ4n) is 5.30. The van der Waals surface area contributed by atoms with Gasteiger partial charge in [-0.15, -0.1) is 11.8 Å². The Balaban J connectivity index is 1.22. The third-order valence-corrected chi connectivity index (χ3v) is 9.34. The highest BCUT2D eigenvalue weighted by Gasteiger charge is 2.44. The maximum Gasteiger partial charge on any atom is 0.244 e. The summed E-state index contributed by atoms with van der Waals surface area (Å²) in [5, 5.41) is 11.6. The van der Waals surface area contributed by atoms with Gasteiger partial charge in [0.1, 0.15) is 16.7 Å². The van der Waals surface area contributed by atoms with Crippen LogP contribution < -0.4 is 31.9 Å². The van der Waals surface area contributed by atoms with Crippen molar-refractivity contribution in [3.63, 3.8) is 0 Å². The molecule has 2 aromatic rings. The first kappa shape index (κ1) is 33.6. The van der Waals surface area contributed by atoms with E-state index in [9.17, 15) is 14.4 Å². The SMILES string of the molecule is CCNCCNC(=O)CCCc1ccc(NC[C@H]2S[C@@H](C(N)C(=O)Nc3ccc(N4CCOCC4)cc3)N(CC)C2=O)cc1. The van der Waals surface area contributed by atoms with E-state index < -0.39 is 11.4 Å². The van der Waals surface area contributed by atoms with Crippen LogP contribution in [0.1, 0.15) is 32.3 Å². The number of amides is 3. The maximum atomic E-state index is 13.2. The summed E-state index contributed by atoms with van der Waals surface area (Å²) in [4.78, 5) is 42.2. The second kappa shape index (κ2) is 17.2. The molecule has 2 fully saturated rings. The van der Waals surface area contributed by atoms with Crippen LogP contribution in [0.5, 0.6) is 0 Å². The van der Waals surface area contributed by atoms with Crippen LogP contribution in [0, 0.1) is 0 Å². The number of anilines is 3. The summed E-state index contributed by atoms with van der Waals surface area (Å²) in [5.41, 5.74) is 10.3. The number of nitrogens with two attached hydrogens (primary N) is 1. The second-order valence-electron chi connectivity index (χ2n) is 10.9. The first-order valence-electron chi connectivity index (χ1n) is 15.6. The smallest absolute Gasteiger partial charge is 0.244 e. The summed E-state index contributed by atoms with van der Waals surface area (Å²) in [6.07, 6.45) is 2.11. The van der Waals surface area contributed by atoms with Gasteiger partial charge in [0, 0.05) is 62.8 Å². The van der Waals surface area contributed by atoms with E-state index in [1.165, 1.54) is 11.8 Å². The highest BCUT2D eigenvalue weighted by atomic mass is 32.2. The molecule has 11 nitrogen and oxygen atoms in total. The van der Waals surface area contributed by atoms with Crippen molar-refractivity contribution in [1.82, 2.24) is 15.5 Å². The standard InChI is InChI=1S/C32H47N7O4S/c1-3-34-16-17-35-28(40)7-5-6-23-8-10-24(11-9-23)36-22-27-31(42)39(4-2)32(44-27)29(33)30(41)37-25-12-14-26(15-13-25)38-18-20-43-21-19-38/h8-15,27,29,32,34,36H,3-7,16-22,33H2,1-2H3,(H,35,40)(H,37,41)/t27-,29?,32+/m1/s1. The number of likely N-dealkylation sites (N-methyl/N-ethyl adjacent to an activating group) is 2. The number of hydrogen-bond acceptors (Lipinski definition) is 9. The third kappa shape index (κ3) is 9.59. The molecule has 240 valence electrons. The van der Waals surface area contributed by atoms with Gasteiger partial charge in [-0.2, -0.15) is 0 Å². The molecule has 0 aliphatic carbocycles. The van der Waals surface area contributed by atoms with E-state index in [0.29, 0.717) is 45.0 Å². The number of hydrogen-bond donors (Lipinski definition) is 5. The van der Waals surface area contributed by atoms with Crippen LogP contribution in [0.4, 0.5) is 17.1 Å². The summed E-state index contributed by atoms with van der Waals surface area (Å²) in [7, 11) is 0. The van der Waals surface area contributed by atoms with Gasteiger partial charge in [-0.25, -0.2) is 0 Å². The average molecular weight is 626 g/mol. The zero-order chi connectivity index (χ0) is 31.3. The molecule has 3 amide bonds. The molecular formula is C32H47N7O4S. The zero-order valence-corrected chi connectivity index (χ0v) is 26.7. The predicted molar refractivity (Wildman–Crippen MR) is 178 cm³/mol. The first-order chi connectivity index (χ1) is 21.4. The molecular weight excluding hydrogens is 578 g/mol. The monoisotopic (exact) mass is 625 g/mol. The third-order valence-electron chi connectivity index (χ3n) is 7.82. The predicted octanol–water partition coefficient (Wildman–Crippen LogP) is 2.24. The Labute approximate surface area is 265 Å². The minimum absolute atomic E-state index is 0.0199. The van der Waals surface area contributed by atoms with Crippen molar-refractivity contribution >= 4 is 46.5 Å². The number of rotatable bonds is 16. The van der Waals surface area contributed by atoms with E-state index in [2.05, 4.69) is 26.2 Å². The number of aryl methyl sites for hydroxylation is 1. The van der Waals surface area contributed by atoms with Crippen molar-refractivity contribution < 1.29 is 19.1 Å². The topological polar surface area (TPSA) is 141 Å². The number of carbonyl (C=O) groups excluding carboxylic acids is 3. The lowest BCUT2D eigenvalue weighted by molar-refractivity contribution is -0.130. The van der Waals surface area contributed by atoms with Crippen molar-refractivity contribution in [1.29, 1.82) is 0 Å². The Morgan fingerprint density at radius 2 is 1.73 bits per heavy atom. The van der Waals surface area contributed by atoms with Crippen LogP contribution in [0.3, 0.4) is 0 Å². The Kier molecular flexibility index (Phi) is 13.2. The van der Waals surface area contributed by atoms with Crippen LogP contribution in [0.2, 0.25) is 0 Å². The number of benzene rings is 2. The molecule has 6 N–H and O–H groups in total. The fraction of sp³-hybridized carbons (Fsp3) is 0.531. The second-order valence-corrected chi connectivity index (χ2v) is 12.3. The number of nitrogens with zero attached hydrogens (tertiary/aromatic N) is 2. The van der Waals surface area contributed by atoms with E-state index in [1.54, 1.807) is 4.90 Å². The van der Waals surface area contributed by atoms with Crippen molar-refractivity contribution in [3.8, 4) is 0 Å². The van der Waals surface area contributed by atoms with Gasteiger partial charge in [0.05, 0.1) is 13.2 Å². The van der Waals surface area contributed by atoms with Crippen LogP contribution in [0.15, 0.2) is 48.5 Å². The van der Waals surface area contributed by atoms with Crippen molar-refractivity contribution in [2.75, 3.05) is 74.6 Å². The maximum absolute atomic E-state index is 13.2. The molecule has 0 radical (unpaired) electrons. The molecule has 2 aliphatic heterocycles. The Hall–Kier alpha value is -3.32. The molecule has 0 aromatic heterocycles. The van der Waals surface area contributed by atoms with Gasteiger partial charge in [0.15, 0.2) is 0 Å². The minimum atomic E-state index is -0.873. The van der Waals surface area contributed by atoms with Gasteiger partial charge in [0.2, 0.25) is 17.7 Å². The average Bonchev–Trinajstić information content (AvgIpc) is 3.37. The quantitative estimate of drug-likeness (QED) is 0.178. The Bertz CT molecular complexity index is 1210. The van der Waals surface area contributed by atoms with Gasteiger partial charge >= 0.3 is 0 Å².